The Morgan fingerprint density at radius 3 is 2.37 bits per heavy atom. The van der Waals surface area contributed by atoms with Crippen molar-refractivity contribution < 1.29 is 14.7 Å². The largest absolute Gasteiger partial charge is 0.391 e. The fourth-order valence-corrected chi connectivity index (χ4v) is 3.47. The Labute approximate surface area is 115 Å². The van der Waals surface area contributed by atoms with Crippen molar-refractivity contribution in [2.24, 2.45) is 10.8 Å². The van der Waals surface area contributed by atoms with E-state index in [4.69, 9.17) is 0 Å². The molecule has 0 aromatic rings. The second-order valence-electron chi connectivity index (χ2n) is 7.39. The van der Waals surface area contributed by atoms with E-state index in [1.807, 2.05) is 20.8 Å². The number of imide groups is 1. The van der Waals surface area contributed by atoms with Gasteiger partial charge in [0, 0.05) is 6.42 Å². The van der Waals surface area contributed by atoms with Gasteiger partial charge >= 0.3 is 0 Å². The standard InChI is InChI=1S/C15H25NO3/c1-14(2,3)8-11(17)10-16-12(18)9-15(13(16)19)6-4-5-7-15/h11,17H,4-10H2,1-3H3. The van der Waals surface area contributed by atoms with Crippen molar-refractivity contribution in [1.29, 1.82) is 0 Å². The van der Waals surface area contributed by atoms with Crippen LogP contribution in [0.1, 0.15) is 59.3 Å². The zero-order valence-corrected chi connectivity index (χ0v) is 12.2. The van der Waals surface area contributed by atoms with Crippen LogP contribution in [0, 0.1) is 10.8 Å². The minimum Gasteiger partial charge on any atom is -0.391 e. The lowest BCUT2D eigenvalue weighted by molar-refractivity contribution is -0.143. The van der Waals surface area contributed by atoms with E-state index < -0.39 is 11.5 Å². The molecule has 2 fully saturated rings. The first-order chi connectivity index (χ1) is 8.73. The van der Waals surface area contributed by atoms with E-state index in [1.54, 1.807) is 0 Å². The minimum atomic E-state index is -0.621. The van der Waals surface area contributed by atoms with Gasteiger partial charge in [0.25, 0.3) is 0 Å². The van der Waals surface area contributed by atoms with Crippen LogP contribution in [0.3, 0.4) is 0 Å². The van der Waals surface area contributed by atoms with Crippen LogP contribution >= 0.6 is 0 Å². The van der Waals surface area contributed by atoms with Gasteiger partial charge in [-0.15, -0.1) is 0 Å². The molecule has 108 valence electrons. The molecule has 19 heavy (non-hydrogen) atoms. The number of carbonyl (C=O) groups is 2. The predicted molar refractivity (Wildman–Crippen MR) is 72.3 cm³/mol. The highest BCUT2D eigenvalue weighted by Crippen LogP contribution is 2.46. The molecule has 2 amide bonds. The molecule has 4 nitrogen and oxygen atoms in total. The number of aliphatic hydroxyl groups excluding tert-OH is 1. The average Bonchev–Trinajstić information content (AvgIpc) is 2.79. The fraction of sp³-hybridized carbons (Fsp3) is 0.867. The molecule has 1 heterocycles. The molecule has 0 aromatic heterocycles. The van der Waals surface area contributed by atoms with Crippen molar-refractivity contribution in [3.8, 4) is 0 Å². The zero-order chi connectivity index (χ0) is 14.3. The van der Waals surface area contributed by atoms with E-state index in [1.165, 1.54) is 4.90 Å². The molecule has 1 saturated heterocycles. The monoisotopic (exact) mass is 267 g/mol. The average molecular weight is 267 g/mol. The topological polar surface area (TPSA) is 57.6 Å². The molecule has 0 bridgehead atoms. The molecule has 0 aromatic carbocycles. The highest BCUT2D eigenvalue weighted by Gasteiger charge is 2.52. The lowest BCUT2D eigenvalue weighted by atomic mass is 9.84. The maximum absolute atomic E-state index is 12.4. The van der Waals surface area contributed by atoms with Crippen molar-refractivity contribution >= 4 is 11.8 Å². The van der Waals surface area contributed by atoms with Crippen LogP contribution < -0.4 is 0 Å². The van der Waals surface area contributed by atoms with Gasteiger partial charge < -0.3 is 5.11 Å². The molecule has 2 aliphatic rings. The normalized spacial score (nSPS) is 24.5. The summed E-state index contributed by atoms with van der Waals surface area (Å²) in [5, 5.41) is 10.1. The Balaban J connectivity index is 2.01. The van der Waals surface area contributed by atoms with E-state index in [0.29, 0.717) is 12.8 Å². The summed E-state index contributed by atoms with van der Waals surface area (Å²) < 4.78 is 0. The number of carbonyl (C=O) groups excluding carboxylic acids is 2. The van der Waals surface area contributed by atoms with Gasteiger partial charge in [0.15, 0.2) is 0 Å². The first kappa shape index (κ1) is 14.5. The maximum atomic E-state index is 12.4. The molecule has 2 rings (SSSR count). The number of nitrogens with zero attached hydrogens (tertiary/aromatic N) is 1. The quantitative estimate of drug-likeness (QED) is 0.797. The summed E-state index contributed by atoms with van der Waals surface area (Å²) in [7, 11) is 0. The van der Waals surface area contributed by atoms with E-state index >= 15 is 0 Å². The van der Waals surface area contributed by atoms with E-state index in [2.05, 4.69) is 0 Å². The SMILES string of the molecule is CC(C)(C)CC(O)CN1C(=O)CC2(CCCC2)C1=O. The predicted octanol–water partition coefficient (Wildman–Crippen LogP) is 2.10. The Morgan fingerprint density at radius 2 is 1.84 bits per heavy atom. The van der Waals surface area contributed by atoms with Crippen LogP contribution in [0.2, 0.25) is 0 Å². The summed E-state index contributed by atoms with van der Waals surface area (Å²) in [4.78, 5) is 25.8. The molecule has 0 radical (unpaired) electrons. The van der Waals surface area contributed by atoms with Crippen molar-refractivity contribution in [3.63, 3.8) is 0 Å². The Bertz CT molecular complexity index is 377. The van der Waals surface area contributed by atoms with Crippen LogP contribution in [0.25, 0.3) is 0 Å². The molecule has 1 spiro atoms. The van der Waals surface area contributed by atoms with E-state index in [-0.39, 0.29) is 23.8 Å². The first-order valence-electron chi connectivity index (χ1n) is 7.26. The second-order valence-corrected chi connectivity index (χ2v) is 7.39. The number of rotatable bonds is 3. The number of β-amino-alcohol motifs (C(OH)–C–C–N with tert-alkyl or cyclic N) is 1. The van der Waals surface area contributed by atoms with Gasteiger partial charge in [-0.1, -0.05) is 33.6 Å². The number of aliphatic hydroxyl groups is 1. The molecular formula is C15H25NO3. The van der Waals surface area contributed by atoms with Crippen LogP contribution in [-0.2, 0) is 9.59 Å². The van der Waals surface area contributed by atoms with Gasteiger partial charge in [-0.05, 0) is 24.7 Å². The van der Waals surface area contributed by atoms with Crippen LogP contribution in [-0.4, -0.2) is 34.5 Å². The number of amides is 2. The summed E-state index contributed by atoms with van der Waals surface area (Å²) in [6.07, 6.45) is 4.08. The summed E-state index contributed by atoms with van der Waals surface area (Å²) >= 11 is 0. The molecule has 1 aliphatic carbocycles. The van der Waals surface area contributed by atoms with Gasteiger partial charge in [0.1, 0.15) is 0 Å². The Morgan fingerprint density at radius 1 is 1.26 bits per heavy atom. The molecule has 1 unspecified atom stereocenters. The molecule has 4 heteroatoms. The number of likely N-dealkylation sites (tertiary alicyclic amines) is 1. The molecule has 1 saturated carbocycles. The lowest BCUT2D eigenvalue weighted by Gasteiger charge is -2.26. The van der Waals surface area contributed by atoms with Crippen LogP contribution in [0.4, 0.5) is 0 Å². The van der Waals surface area contributed by atoms with E-state index in [0.717, 1.165) is 25.7 Å². The van der Waals surface area contributed by atoms with Crippen LogP contribution in [0.5, 0.6) is 0 Å². The zero-order valence-electron chi connectivity index (χ0n) is 12.2. The maximum Gasteiger partial charge on any atom is 0.235 e. The molecule has 1 N–H and O–H groups in total. The highest BCUT2D eigenvalue weighted by molar-refractivity contribution is 6.06. The third-order valence-electron chi connectivity index (χ3n) is 4.29. The second kappa shape index (κ2) is 4.89. The van der Waals surface area contributed by atoms with Gasteiger partial charge in [0.05, 0.1) is 18.1 Å². The van der Waals surface area contributed by atoms with Gasteiger partial charge in [-0.25, -0.2) is 0 Å². The van der Waals surface area contributed by atoms with Gasteiger partial charge in [-0.3, -0.25) is 14.5 Å². The summed E-state index contributed by atoms with van der Waals surface area (Å²) in [5.74, 6) is -0.136. The fourth-order valence-electron chi connectivity index (χ4n) is 3.47. The lowest BCUT2D eigenvalue weighted by Crippen LogP contribution is -2.40. The van der Waals surface area contributed by atoms with Crippen molar-refractivity contribution in [2.75, 3.05) is 6.54 Å². The number of hydrogen-bond acceptors (Lipinski definition) is 3. The first-order valence-corrected chi connectivity index (χ1v) is 7.26. The molecular weight excluding hydrogens is 242 g/mol. The smallest absolute Gasteiger partial charge is 0.235 e. The van der Waals surface area contributed by atoms with Crippen molar-refractivity contribution in [1.82, 2.24) is 4.90 Å². The third-order valence-corrected chi connectivity index (χ3v) is 4.29. The summed E-state index contributed by atoms with van der Waals surface area (Å²) in [5.41, 5.74) is -0.422. The summed E-state index contributed by atoms with van der Waals surface area (Å²) in [6.45, 7) is 6.30. The van der Waals surface area contributed by atoms with E-state index in [9.17, 15) is 14.7 Å². The van der Waals surface area contributed by atoms with Crippen molar-refractivity contribution in [3.05, 3.63) is 0 Å². The van der Waals surface area contributed by atoms with Gasteiger partial charge in [0.2, 0.25) is 11.8 Å². The Kier molecular flexibility index (Phi) is 3.74. The van der Waals surface area contributed by atoms with Crippen molar-refractivity contribution in [2.45, 2.75) is 65.4 Å². The summed E-state index contributed by atoms with van der Waals surface area (Å²) in [6, 6.07) is 0. The van der Waals surface area contributed by atoms with Crippen LogP contribution in [0.15, 0.2) is 0 Å². The molecule has 1 aliphatic heterocycles. The third kappa shape index (κ3) is 2.99. The minimum absolute atomic E-state index is 0.00369. The highest BCUT2D eigenvalue weighted by atomic mass is 16.3. The van der Waals surface area contributed by atoms with Gasteiger partial charge in [-0.2, -0.15) is 0 Å². The Hall–Kier alpha value is -0.900. The number of hydrogen-bond donors (Lipinski definition) is 1. The molecule has 1 atom stereocenters.